The summed E-state index contributed by atoms with van der Waals surface area (Å²) in [4.78, 5) is 14.8. The fourth-order valence-electron chi connectivity index (χ4n) is 6.87. The molecule has 0 amide bonds. The number of fused-ring (bicyclic) bond motifs is 3. The Morgan fingerprint density at radius 1 is 0.408 bits per heavy atom. The summed E-state index contributed by atoms with van der Waals surface area (Å²) in [5.74, 6) is 2.67. The molecule has 2 heterocycles. The molecule has 0 aliphatic heterocycles. The Balaban J connectivity index is 1.30. The molecule has 2 aromatic heterocycles. The summed E-state index contributed by atoms with van der Waals surface area (Å²) in [7, 11) is 0. The maximum atomic E-state index is 6.95. The van der Waals surface area contributed by atoms with Crippen molar-refractivity contribution in [2.24, 2.45) is 0 Å². The minimum absolute atomic E-state index is 0.381. The summed E-state index contributed by atoms with van der Waals surface area (Å²) in [5, 5.41) is 2.22. The second-order valence-electron chi connectivity index (χ2n) is 13.2. The van der Waals surface area contributed by atoms with Crippen LogP contribution in [0.25, 0.3) is 78.4 Å². The van der Waals surface area contributed by atoms with E-state index in [1.165, 1.54) is 16.7 Å². The van der Waals surface area contributed by atoms with Gasteiger partial charge in [-0.3, -0.25) is 0 Å². The van der Waals surface area contributed by atoms with E-state index >= 15 is 0 Å². The van der Waals surface area contributed by atoms with E-state index in [2.05, 4.69) is 107 Å². The van der Waals surface area contributed by atoms with Crippen LogP contribution in [0.1, 0.15) is 50.7 Å². The highest BCUT2D eigenvalue weighted by atomic mass is 16.3. The zero-order valence-electron chi connectivity index (χ0n) is 28.2. The van der Waals surface area contributed by atoms with Crippen LogP contribution < -0.4 is 0 Å². The van der Waals surface area contributed by atoms with Gasteiger partial charge in [0, 0.05) is 38.6 Å². The van der Waals surface area contributed by atoms with Crippen LogP contribution in [0.2, 0.25) is 0 Å². The molecule has 8 aromatic rings. The highest BCUT2D eigenvalue weighted by Gasteiger charge is 2.21. The second kappa shape index (κ2) is 12.6. The summed E-state index contributed by atoms with van der Waals surface area (Å²) in [6.07, 6.45) is 0. The predicted octanol–water partition coefficient (Wildman–Crippen LogP) is 12.4. The van der Waals surface area contributed by atoms with E-state index in [-0.39, 0.29) is 0 Å². The molecule has 8 rings (SSSR count). The van der Waals surface area contributed by atoms with Gasteiger partial charge in [0.05, 0.1) is 0 Å². The van der Waals surface area contributed by atoms with Crippen molar-refractivity contribution in [3.05, 3.63) is 151 Å². The van der Waals surface area contributed by atoms with Crippen molar-refractivity contribution >= 4 is 21.9 Å². The summed E-state index contributed by atoms with van der Waals surface area (Å²) in [6, 6.07) is 48.3. The van der Waals surface area contributed by atoms with Crippen molar-refractivity contribution in [1.29, 1.82) is 0 Å². The molecule has 0 radical (unpaired) electrons. The Kier molecular flexibility index (Phi) is 7.85. The number of aromatic nitrogens is 3. The molecule has 0 N–H and O–H groups in total. The highest BCUT2D eigenvalue weighted by Crippen LogP contribution is 2.44. The molecular weight excluding hydrogens is 599 g/mol. The van der Waals surface area contributed by atoms with E-state index in [0.717, 1.165) is 55.3 Å². The Labute approximate surface area is 287 Å². The maximum Gasteiger partial charge on any atom is 0.164 e. The normalized spacial score (nSPS) is 11.6. The van der Waals surface area contributed by atoms with Crippen LogP contribution in [0, 0.1) is 0 Å². The Morgan fingerprint density at radius 2 is 0.837 bits per heavy atom. The number of nitrogens with zero attached hydrogens (tertiary/aromatic N) is 3. The number of hydrogen-bond donors (Lipinski definition) is 0. The third-order valence-electron chi connectivity index (χ3n) is 9.30. The van der Waals surface area contributed by atoms with Gasteiger partial charge in [-0.05, 0) is 40.2 Å². The molecule has 0 saturated heterocycles. The monoisotopic (exact) mass is 635 g/mol. The first-order valence-corrected chi connectivity index (χ1v) is 17.0. The van der Waals surface area contributed by atoms with Crippen LogP contribution in [0.4, 0.5) is 0 Å². The van der Waals surface area contributed by atoms with E-state index < -0.39 is 0 Å². The largest absolute Gasteiger partial charge is 0.455 e. The third kappa shape index (κ3) is 5.59. The number of benzene rings is 6. The zero-order chi connectivity index (χ0) is 33.5. The molecule has 4 heteroatoms. The Bertz CT molecular complexity index is 2360. The van der Waals surface area contributed by atoms with Gasteiger partial charge >= 0.3 is 0 Å². The maximum absolute atomic E-state index is 6.95. The Morgan fingerprint density at radius 3 is 1.39 bits per heavy atom. The molecule has 0 fully saturated rings. The van der Waals surface area contributed by atoms with Gasteiger partial charge in [0.2, 0.25) is 0 Å². The van der Waals surface area contributed by atoms with E-state index in [1.54, 1.807) is 0 Å². The standard InChI is InChI=1S/C45H37N3O/c1-28(2)34-21-12-22-35(29(3)4)40(34)39-26-14-25-38-37-24-13-23-36(41(37)49-42(38)39)32-19-11-20-33(27-32)45-47-43(30-15-7-5-8-16-30)46-44(48-45)31-17-9-6-10-18-31/h5-29H,1-4H3. The summed E-state index contributed by atoms with van der Waals surface area (Å²) < 4.78 is 6.95. The zero-order valence-corrected chi connectivity index (χ0v) is 28.2. The lowest BCUT2D eigenvalue weighted by atomic mass is 9.84. The summed E-state index contributed by atoms with van der Waals surface area (Å²) >= 11 is 0. The fourth-order valence-corrected chi connectivity index (χ4v) is 6.87. The first-order chi connectivity index (χ1) is 24.0. The van der Waals surface area contributed by atoms with Crippen LogP contribution in [0.5, 0.6) is 0 Å². The van der Waals surface area contributed by atoms with Gasteiger partial charge in [-0.25, -0.2) is 15.0 Å². The molecule has 4 nitrogen and oxygen atoms in total. The van der Waals surface area contributed by atoms with Crippen LogP contribution >= 0.6 is 0 Å². The van der Waals surface area contributed by atoms with E-state index in [9.17, 15) is 0 Å². The van der Waals surface area contributed by atoms with Crippen LogP contribution in [0.15, 0.2) is 144 Å². The van der Waals surface area contributed by atoms with Gasteiger partial charge in [-0.1, -0.05) is 161 Å². The fraction of sp³-hybridized carbons (Fsp3) is 0.133. The molecule has 0 spiro atoms. The van der Waals surface area contributed by atoms with Crippen molar-refractivity contribution in [2.75, 3.05) is 0 Å². The number of para-hydroxylation sites is 2. The third-order valence-corrected chi connectivity index (χ3v) is 9.30. The van der Waals surface area contributed by atoms with Crippen LogP contribution in [-0.4, -0.2) is 15.0 Å². The van der Waals surface area contributed by atoms with Crippen molar-refractivity contribution in [1.82, 2.24) is 15.0 Å². The van der Waals surface area contributed by atoms with Gasteiger partial charge < -0.3 is 4.42 Å². The van der Waals surface area contributed by atoms with Crippen LogP contribution in [-0.2, 0) is 0 Å². The minimum Gasteiger partial charge on any atom is -0.455 e. The van der Waals surface area contributed by atoms with Crippen molar-refractivity contribution in [3.63, 3.8) is 0 Å². The lowest BCUT2D eigenvalue weighted by molar-refractivity contribution is 0.670. The van der Waals surface area contributed by atoms with Gasteiger partial charge in [0.1, 0.15) is 11.2 Å². The topological polar surface area (TPSA) is 51.8 Å². The summed E-state index contributed by atoms with van der Waals surface area (Å²) in [6.45, 7) is 9.08. The van der Waals surface area contributed by atoms with Gasteiger partial charge in [0.25, 0.3) is 0 Å². The minimum atomic E-state index is 0.381. The van der Waals surface area contributed by atoms with E-state index in [0.29, 0.717) is 29.3 Å². The second-order valence-corrected chi connectivity index (χ2v) is 13.2. The molecule has 0 atom stereocenters. The average molecular weight is 636 g/mol. The van der Waals surface area contributed by atoms with Gasteiger partial charge in [0.15, 0.2) is 17.5 Å². The Hall–Kier alpha value is -5.87. The lowest BCUT2D eigenvalue weighted by Gasteiger charge is -2.20. The molecule has 0 aliphatic rings. The van der Waals surface area contributed by atoms with E-state index in [1.807, 2.05) is 60.7 Å². The van der Waals surface area contributed by atoms with Gasteiger partial charge in [-0.15, -0.1) is 0 Å². The molecule has 0 saturated carbocycles. The number of hydrogen-bond acceptors (Lipinski definition) is 4. The first-order valence-electron chi connectivity index (χ1n) is 17.0. The van der Waals surface area contributed by atoms with Gasteiger partial charge in [-0.2, -0.15) is 0 Å². The molecule has 0 bridgehead atoms. The van der Waals surface area contributed by atoms with Crippen molar-refractivity contribution in [2.45, 2.75) is 39.5 Å². The quantitative estimate of drug-likeness (QED) is 0.175. The lowest BCUT2D eigenvalue weighted by Crippen LogP contribution is -2.00. The highest BCUT2D eigenvalue weighted by molar-refractivity contribution is 6.13. The summed E-state index contributed by atoms with van der Waals surface area (Å²) in [5.41, 5.74) is 11.8. The van der Waals surface area contributed by atoms with Crippen molar-refractivity contribution in [3.8, 4) is 56.4 Å². The number of rotatable bonds is 7. The molecule has 0 unspecified atom stereocenters. The number of furan rings is 1. The average Bonchev–Trinajstić information content (AvgIpc) is 3.54. The van der Waals surface area contributed by atoms with E-state index in [4.69, 9.17) is 19.4 Å². The first kappa shape index (κ1) is 30.5. The molecule has 49 heavy (non-hydrogen) atoms. The molecule has 238 valence electrons. The van der Waals surface area contributed by atoms with Crippen LogP contribution in [0.3, 0.4) is 0 Å². The molecular formula is C45H37N3O. The van der Waals surface area contributed by atoms with Crippen molar-refractivity contribution < 1.29 is 4.42 Å². The molecule has 0 aliphatic carbocycles. The smallest absolute Gasteiger partial charge is 0.164 e. The molecule has 6 aromatic carbocycles. The SMILES string of the molecule is CC(C)c1cccc(C(C)C)c1-c1cccc2c1oc1c(-c3cccc(-c4nc(-c5ccccc5)nc(-c5ccccc5)n4)c3)cccc12. The predicted molar refractivity (Wildman–Crippen MR) is 202 cm³/mol.